The Kier molecular flexibility index (Phi) is 6.42. The predicted molar refractivity (Wildman–Crippen MR) is 108 cm³/mol. The van der Waals surface area contributed by atoms with Crippen LogP contribution in [0.15, 0.2) is 48.5 Å². The van der Waals surface area contributed by atoms with E-state index in [1.807, 2.05) is 30.3 Å². The number of methoxy groups -OCH3 is 1. The van der Waals surface area contributed by atoms with Crippen LogP contribution in [0.1, 0.15) is 0 Å². The average molecular weight is 390 g/mol. The van der Waals surface area contributed by atoms with Crippen LogP contribution in [0.5, 0.6) is 5.75 Å². The summed E-state index contributed by atoms with van der Waals surface area (Å²) in [5, 5.41) is 10.4. The zero-order chi connectivity index (χ0) is 19.2. The number of rotatable bonds is 6. The summed E-state index contributed by atoms with van der Waals surface area (Å²) in [5.41, 5.74) is 1.70. The second-order valence-electron chi connectivity index (χ2n) is 6.41. The Bertz CT molecular complexity index is 779. The molecule has 2 aromatic rings. The van der Waals surface area contributed by atoms with Crippen LogP contribution in [-0.2, 0) is 0 Å². The monoisotopic (exact) mass is 389 g/mol. The fraction of sp³-hybridized carbons (Fsp3) is 0.350. The van der Waals surface area contributed by atoms with Gasteiger partial charge in [0.25, 0.3) is 0 Å². The molecule has 27 heavy (non-hydrogen) atoms. The van der Waals surface area contributed by atoms with Crippen LogP contribution in [0.3, 0.4) is 0 Å². The molecule has 144 valence electrons. The highest BCUT2D eigenvalue weighted by Crippen LogP contribution is 2.27. The first kappa shape index (κ1) is 19.3. The van der Waals surface area contributed by atoms with E-state index >= 15 is 0 Å². The number of hydrogen-bond acceptors (Lipinski definition) is 4. The van der Waals surface area contributed by atoms with E-state index in [1.54, 1.807) is 19.2 Å². The Hall–Kier alpha value is -2.44. The van der Waals surface area contributed by atoms with Crippen LogP contribution in [0.2, 0.25) is 5.02 Å². The van der Waals surface area contributed by atoms with Gasteiger partial charge in [0, 0.05) is 50.0 Å². The van der Waals surface area contributed by atoms with Gasteiger partial charge in [-0.25, -0.2) is 4.79 Å². The smallest absolute Gasteiger partial charge is 0.411 e. The maximum absolute atomic E-state index is 11.7. The Balaban J connectivity index is 1.57. The number of piperazine rings is 1. The molecule has 1 fully saturated rings. The number of nitrogens with zero attached hydrogens (tertiary/aromatic N) is 3. The molecule has 1 aliphatic rings. The van der Waals surface area contributed by atoms with Crippen molar-refractivity contribution in [2.45, 2.75) is 0 Å². The lowest BCUT2D eigenvalue weighted by atomic mass is 10.2. The first-order chi connectivity index (χ1) is 13.1. The third-order valence-electron chi connectivity index (χ3n) is 4.79. The molecule has 0 saturated carbocycles. The maximum atomic E-state index is 11.7. The van der Waals surface area contributed by atoms with Crippen molar-refractivity contribution in [3.63, 3.8) is 0 Å². The van der Waals surface area contributed by atoms with E-state index in [0.29, 0.717) is 24.5 Å². The summed E-state index contributed by atoms with van der Waals surface area (Å²) in [6.07, 6.45) is -0.975. The number of anilines is 2. The molecule has 0 aliphatic carbocycles. The van der Waals surface area contributed by atoms with Gasteiger partial charge in [0.2, 0.25) is 0 Å². The first-order valence-electron chi connectivity index (χ1n) is 8.95. The normalized spacial score (nSPS) is 14.8. The fourth-order valence-electron chi connectivity index (χ4n) is 3.32. The van der Waals surface area contributed by atoms with E-state index in [0.717, 1.165) is 36.9 Å². The van der Waals surface area contributed by atoms with Gasteiger partial charge in [-0.15, -0.1) is 0 Å². The minimum Gasteiger partial charge on any atom is -0.495 e. The molecule has 1 saturated heterocycles. The molecule has 1 aliphatic heterocycles. The molecular formula is C20H24ClN3O3. The van der Waals surface area contributed by atoms with Crippen molar-refractivity contribution in [1.82, 2.24) is 4.90 Å². The lowest BCUT2D eigenvalue weighted by Crippen LogP contribution is -2.49. The molecular weight excluding hydrogens is 366 g/mol. The summed E-state index contributed by atoms with van der Waals surface area (Å²) in [7, 11) is 1.55. The zero-order valence-electron chi connectivity index (χ0n) is 15.3. The van der Waals surface area contributed by atoms with Crippen LogP contribution >= 0.6 is 11.6 Å². The van der Waals surface area contributed by atoms with E-state index in [9.17, 15) is 9.90 Å². The SMILES string of the molecule is COc1ccccc1N(CCN1CCN(c2cccc(Cl)c2)CC1)C(=O)O. The molecule has 0 spiro atoms. The zero-order valence-corrected chi connectivity index (χ0v) is 16.1. The highest BCUT2D eigenvalue weighted by atomic mass is 35.5. The quantitative estimate of drug-likeness (QED) is 0.817. The molecule has 0 unspecified atom stereocenters. The van der Waals surface area contributed by atoms with Gasteiger partial charge in [-0.3, -0.25) is 9.80 Å². The summed E-state index contributed by atoms with van der Waals surface area (Å²) in [4.78, 5) is 17.7. The second kappa shape index (κ2) is 8.97. The molecule has 2 aromatic carbocycles. The van der Waals surface area contributed by atoms with Crippen LogP contribution < -0.4 is 14.5 Å². The summed E-state index contributed by atoms with van der Waals surface area (Å²) in [6, 6.07) is 15.1. The van der Waals surface area contributed by atoms with E-state index in [4.69, 9.17) is 16.3 Å². The predicted octanol–water partition coefficient (Wildman–Crippen LogP) is 3.66. The number of halogens is 1. The fourth-order valence-corrected chi connectivity index (χ4v) is 3.50. The van der Waals surface area contributed by atoms with Crippen molar-refractivity contribution in [2.24, 2.45) is 0 Å². The lowest BCUT2D eigenvalue weighted by molar-refractivity contribution is 0.198. The van der Waals surface area contributed by atoms with Gasteiger partial charge in [0.05, 0.1) is 12.8 Å². The number of ether oxygens (including phenoxy) is 1. The van der Waals surface area contributed by atoms with E-state index in [-0.39, 0.29) is 0 Å². The van der Waals surface area contributed by atoms with Gasteiger partial charge in [0.1, 0.15) is 5.75 Å². The number of para-hydroxylation sites is 2. The number of amides is 1. The van der Waals surface area contributed by atoms with Crippen molar-refractivity contribution in [3.05, 3.63) is 53.6 Å². The minimum absolute atomic E-state index is 0.396. The van der Waals surface area contributed by atoms with Gasteiger partial charge in [-0.1, -0.05) is 29.8 Å². The molecule has 0 bridgehead atoms. The minimum atomic E-state index is -0.975. The average Bonchev–Trinajstić information content (AvgIpc) is 2.69. The molecule has 6 nitrogen and oxygen atoms in total. The van der Waals surface area contributed by atoms with Gasteiger partial charge >= 0.3 is 6.09 Å². The molecule has 3 rings (SSSR count). The molecule has 0 radical (unpaired) electrons. The Morgan fingerprint density at radius 1 is 1.15 bits per heavy atom. The molecule has 7 heteroatoms. The molecule has 1 heterocycles. The molecule has 1 N–H and O–H groups in total. The van der Waals surface area contributed by atoms with E-state index in [2.05, 4.69) is 15.9 Å². The van der Waals surface area contributed by atoms with E-state index in [1.165, 1.54) is 4.90 Å². The van der Waals surface area contributed by atoms with Crippen molar-refractivity contribution >= 4 is 29.1 Å². The van der Waals surface area contributed by atoms with Gasteiger partial charge in [0.15, 0.2) is 0 Å². The van der Waals surface area contributed by atoms with Crippen molar-refractivity contribution in [1.29, 1.82) is 0 Å². The molecule has 1 amide bonds. The number of carbonyl (C=O) groups is 1. The summed E-state index contributed by atoms with van der Waals surface area (Å²) in [5.74, 6) is 0.561. The molecule has 0 atom stereocenters. The van der Waals surface area contributed by atoms with Crippen LogP contribution in [0.25, 0.3) is 0 Å². The highest BCUT2D eigenvalue weighted by Gasteiger charge is 2.22. The lowest BCUT2D eigenvalue weighted by Gasteiger charge is -2.37. The van der Waals surface area contributed by atoms with Crippen LogP contribution in [-0.4, -0.2) is 62.5 Å². The van der Waals surface area contributed by atoms with Crippen molar-refractivity contribution in [3.8, 4) is 5.75 Å². The third kappa shape index (κ3) is 4.84. The van der Waals surface area contributed by atoms with Gasteiger partial charge < -0.3 is 14.7 Å². The Labute approximate surface area is 164 Å². The maximum Gasteiger partial charge on any atom is 0.411 e. The van der Waals surface area contributed by atoms with Crippen LogP contribution in [0, 0.1) is 0 Å². The summed E-state index contributed by atoms with van der Waals surface area (Å²) in [6.45, 7) is 4.61. The number of benzene rings is 2. The number of hydrogen-bond donors (Lipinski definition) is 1. The topological polar surface area (TPSA) is 56.2 Å². The largest absolute Gasteiger partial charge is 0.495 e. The second-order valence-corrected chi connectivity index (χ2v) is 6.85. The van der Waals surface area contributed by atoms with Crippen LogP contribution in [0.4, 0.5) is 16.2 Å². The first-order valence-corrected chi connectivity index (χ1v) is 9.32. The highest BCUT2D eigenvalue weighted by molar-refractivity contribution is 6.30. The van der Waals surface area contributed by atoms with Gasteiger partial charge in [-0.2, -0.15) is 0 Å². The standard InChI is InChI=1S/C20H24ClN3O3/c1-27-19-8-3-2-7-18(19)24(20(25)26)14-11-22-9-12-23(13-10-22)17-6-4-5-16(21)15-17/h2-8,15H,9-14H2,1H3,(H,25,26). The Morgan fingerprint density at radius 3 is 2.56 bits per heavy atom. The van der Waals surface area contributed by atoms with Crippen molar-refractivity contribution < 1.29 is 14.6 Å². The summed E-state index contributed by atoms with van der Waals surface area (Å²) < 4.78 is 5.30. The van der Waals surface area contributed by atoms with E-state index < -0.39 is 6.09 Å². The Morgan fingerprint density at radius 2 is 1.89 bits per heavy atom. The molecule has 0 aromatic heterocycles. The van der Waals surface area contributed by atoms with Gasteiger partial charge in [-0.05, 0) is 30.3 Å². The summed E-state index contributed by atoms with van der Waals surface area (Å²) >= 11 is 6.08. The third-order valence-corrected chi connectivity index (χ3v) is 5.03. The van der Waals surface area contributed by atoms with Crippen molar-refractivity contribution in [2.75, 3.05) is 56.2 Å². The number of carboxylic acid groups (broad SMARTS) is 1.